The Morgan fingerprint density at radius 2 is 2.00 bits per heavy atom. The number of hydrogen-bond acceptors (Lipinski definition) is 4. The Hall–Kier alpha value is -2.07. The molecule has 0 aliphatic rings. The molecule has 0 aliphatic carbocycles. The van der Waals surface area contributed by atoms with E-state index in [4.69, 9.17) is 15.2 Å². The molecule has 4 nitrogen and oxygen atoms in total. The van der Waals surface area contributed by atoms with Gasteiger partial charge in [-0.2, -0.15) is 0 Å². The fourth-order valence-corrected chi connectivity index (χ4v) is 1.98. The first-order valence-electron chi connectivity index (χ1n) is 6.72. The topological polar surface area (TPSA) is 57.4 Å². The summed E-state index contributed by atoms with van der Waals surface area (Å²) in [6.45, 7) is 1.22. The van der Waals surface area contributed by atoms with Crippen LogP contribution in [0, 0.1) is 0 Å². The van der Waals surface area contributed by atoms with Crippen LogP contribution in [0.1, 0.15) is 11.1 Å². The van der Waals surface area contributed by atoms with Crippen molar-refractivity contribution in [1.82, 2.24) is 4.98 Å². The molecule has 2 aromatic rings. The van der Waals surface area contributed by atoms with Gasteiger partial charge in [0.2, 0.25) is 0 Å². The van der Waals surface area contributed by atoms with Crippen molar-refractivity contribution in [2.75, 3.05) is 20.3 Å². The third-order valence-electron chi connectivity index (χ3n) is 3.03. The highest BCUT2D eigenvalue weighted by atomic mass is 16.5. The molecular formula is C16H20N2O2. The lowest BCUT2D eigenvalue weighted by molar-refractivity contribution is 0.297. The van der Waals surface area contributed by atoms with E-state index < -0.39 is 0 Å². The number of nitrogens with two attached hydrogens (primary N) is 1. The van der Waals surface area contributed by atoms with E-state index in [1.54, 1.807) is 13.3 Å². The summed E-state index contributed by atoms with van der Waals surface area (Å²) in [5.41, 5.74) is 7.87. The SMILES string of the molecule is COc1cc(CCN)ccc1OCCc1cccnc1. The van der Waals surface area contributed by atoms with Gasteiger partial charge < -0.3 is 15.2 Å². The highest BCUT2D eigenvalue weighted by Crippen LogP contribution is 2.28. The molecule has 0 aliphatic heterocycles. The second-order valence-corrected chi connectivity index (χ2v) is 4.48. The van der Waals surface area contributed by atoms with Gasteiger partial charge in [-0.1, -0.05) is 12.1 Å². The Bertz CT molecular complexity index is 529. The zero-order chi connectivity index (χ0) is 14.2. The predicted octanol–water partition coefficient (Wildman–Crippen LogP) is 2.21. The van der Waals surface area contributed by atoms with Crippen LogP contribution in [-0.2, 0) is 12.8 Å². The van der Waals surface area contributed by atoms with Gasteiger partial charge in [0.25, 0.3) is 0 Å². The zero-order valence-electron chi connectivity index (χ0n) is 11.7. The third kappa shape index (κ3) is 3.96. The Morgan fingerprint density at radius 3 is 2.70 bits per heavy atom. The van der Waals surface area contributed by atoms with Crippen LogP contribution in [0.5, 0.6) is 11.5 Å². The summed E-state index contributed by atoms with van der Waals surface area (Å²) in [6, 6.07) is 9.91. The molecule has 0 fully saturated rings. The average Bonchev–Trinajstić information content (AvgIpc) is 2.50. The van der Waals surface area contributed by atoms with E-state index >= 15 is 0 Å². The molecule has 106 valence electrons. The fraction of sp³-hybridized carbons (Fsp3) is 0.312. The summed E-state index contributed by atoms with van der Waals surface area (Å²) >= 11 is 0. The van der Waals surface area contributed by atoms with Crippen LogP contribution < -0.4 is 15.2 Å². The van der Waals surface area contributed by atoms with E-state index in [0.717, 1.165) is 35.5 Å². The van der Waals surface area contributed by atoms with Crippen molar-refractivity contribution in [3.63, 3.8) is 0 Å². The second-order valence-electron chi connectivity index (χ2n) is 4.48. The summed E-state index contributed by atoms with van der Waals surface area (Å²) < 4.78 is 11.1. The van der Waals surface area contributed by atoms with E-state index in [0.29, 0.717) is 13.2 Å². The van der Waals surface area contributed by atoms with Crippen molar-refractivity contribution in [3.8, 4) is 11.5 Å². The summed E-state index contributed by atoms with van der Waals surface area (Å²) in [6.07, 6.45) is 5.28. The molecule has 0 saturated carbocycles. The Labute approximate surface area is 119 Å². The number of aromatic nitrogens is 1. The molecular weight excluding hydrogens is 252 g/mol. The highest BCUT2D eigenvalue weighted by molar-refractivity contribution is 5.43. The minimum Gasteiger partial charge on any atom is -0.493 e. The molecule has 0 radical (unpaired) electrons. The van der Waals surface area contributed by atoms with Crippen LogP contribution in [0.15, 0.2) is 42.7 Å². The Balaban J connectivity index is 1.95. The second kappa shape index (κ2) is 7.50. The van der Waals surface area contributed by atoms with Crippen LogP contribution >= 0.6 is 0 Å². The van der Waals surface area contributed by atoms with Gasteiger partial charge in [-0.3, -0.25) is 4.98 Å². The maximum atomic E-state index is 5.78. The van der Waals surface area contributed by atoms with Gasteiger partial charge in [-0.25, -0.2) is 0 Å². The van der Waals surface area contributed by atoms with Crippen molar-refractivity contribution >= 4 is 0 Å². The zero-order valence-corrected chi connectivity index (χ0v) is 11.7. The van der Waals surface area contributed by atoms with Crippen molar-refractivity contribution < 1.29 is 9.47 Å². The molecule has 0 saturated heterocycles. The van der Waals surface area contributed by atoms with E-state index in [9.17, 15) is 0 Å². The van der Waals surface area contributed by atoms with Gasteiger partial charge in [0.15, 0.2) is 11.5 Å². The van der Waals surface area contributed by atoms with Crippen LogP contribution in [0.3, 0.4) is 0 Å². The van der Waals surface area contributed by atoms with Crippen LogP contribution in [-0.4, -0.2) is 25.2 Å². The summed E-state index contributed by atoms with van der Waals surface area (Å²) in [5, 5.41) is 0. The van der Waals surface area contributed by atoms with Gasteiger partial charge in [0.05, 0.1) is 13.7 Å². The third-order valence-corrected chi connectivity index (χ3v) is 3.03. The minimum absolute atomic E-state index is 0.596. The van der Waals surface area contributed by atoms with Crippen molar-refractivity contribution in [3.05, 3.63) is 53.9 Å². The number of pyridine rings is 1. The molecule has 1 heterocycles. The summed E-state index contributed by atoms with van der Waals surface area (Å²) in [7, 11) is 1.65. The molecule has 0 spiro atoms. The van der Waals surface area contributed by atoms with E-state index in [1.807, 2.05) is 36.5 Å². The predicted molar refractivity (Wildman–Crippen MR) is 79.2 cm³/mol. The molecule has 0 atom stereocenters. The van der Waals surface area contributed by atoms with Gasteiger partial charge in [-0.15, -0.1) is 0 Å². The number of hydrogen-bond donors (Lipinski definition) is 1. The molecule has 0 bridgehead atoms. The van der Waals surface area contributed by atoms with E-state index in [2.05, 4.69) is 4.98 Å². The standard InChI is InChI=1S/C16H20N2O2/c1-19-16-11-13(6-8-17)4-5-15(16)20-10-7-14-3-2-9-18-12-14/h2-5,9,11-12H,6-8,10,17H2,1H3. The summed E-state index contributed by atoms with van der Waals surface area (Å²) in [5.74, 6) is 1.51. The lowest BCUT2D eigenvalue weighted by atomic mass is 10.1. The van der Waals surface area contributed by atoms with Crippen molar-refractivity contribution in [2.24, 2.45) is 5.73 Å². The lowest BCUT2D eigenvalue weighted by Crippen LogP contribution is -2.05. The van der Waals surface area contributed by atoms with Crippen LogP contribution in [0.4, 0.5) is 0 Å². The van der Waals surface area contributed by atoms with Crippen molar-refractivity contribution in [2.45, 2.75) is 12.8 Å². The first kappa shape index (κ1) is 14.3. The largest absolute Gasteiger partial charge is 0.493 e. The summed E-state index contributed by atoms with van der Waals surface area (Å²) in [4.78, 5) is 4.08. The van der Waals surface area contributed by atoms with Crippen molar-refractivity contribution in [1.29, 1.82) is 0 Å². The molecule has 0 unspecified atom stereocenters. The Kier molecular flexibility index (Phi) is 5.38. The minimum atomic E-state index is 0.596. The number of benzene rings is 1. The lowest BCUT2D eigenvalue weighted by Gasteiger charge is -2.12. The van der Waals surface area contributed by atoms with Crippen LogP contribution in [0.2, 0.25) is 0 Å². The quantitative estimate of drug-likeness (QED) is 0.839. The molecule has 4 heteroatoms. The maximum absolute atomic E-state index is 5.78. The van der Waals surface area contributed by atoms with Gasteiger partial charge in [0, 0.05) is 18.8 Å². The molecule has 20 heavy (non-hydrogen) atoms. The number of rotatable bonds is 7. The Morgan fingerprint density at radius 1 is 1.10 bits per heavy atom. The first-order chi connectivity index (χ1) is 9.83. The average molecular weight is 272 g/mol. The molecule has 2 N–H and O–H groups in total. The normalized spacial score (nSPS) is 10.3. The van der Waals surface area contributed by atoms with Gasteiger partial charge in [-0.05, 0) is 42.3 Å². The fourth-order valence-electron chi connectivity index (χ4n) is 1.98. The van der Waals surface area contributed by atoms with Crippen LogP contribution in [0.25, 0.3) is 0 Å². The smallest absolute Gasteiger partial charge is 0.161 e. The number of nitrogens with zero attached hydrogens (tertiary/aromatic N) is 1. The van der Waals surface area contributed by atoms with Gasteiger partial charge in [0.1, 0.15) is 0 Å². The van der Waals surface area contributed by atoms with E-state index in [1.165, 1.54) is 0 Å². The monoisotopic (exact) mass is 272 g/mol. The first-order valence-corrected chi connectivity index (χ1v) is 6.72. The highest BCUT2D eigenvalue weighted by Gasteiger charge is 2.05. The number of methoxy groups -OCH3 is 1. The molecule has 2 rings (SSSR count). The molecule has 1 aromatic heterocycles. The molecule has 0 amide bonds. The molecule has 1 aromatic carbocycles. The maximum Gasteiger partial charge on any atom is 0.161 e. The van der Waals surface area contributed by atoms with Gasteiger partial charge >= 0.3 is 0 Å². The van der Waals surface area contributed by atoms with E-state index in [-0.39, 0.29) is 0 Å². The number of ether oxygens (including phenoxy) is 2.